The molecule has 1 aromatic rings. The molecule has 0 saturated carbocycles. The zero-order valence-electron chi connectivity index (χ0n) is 12.2. The Labute approximate surface area is 114 Å². The standard InChI is InChI=1S/C13H22BNO4/c1-6-18-11-9-10(7-8-15-11)14(17)19-13(4,5)12(2,3)16/h7-9,16-17H,6H2,1-5H3. The lowest BCUT2D eigenvalue weighted by atomic mass is 9.77. The number of rotatable bonds is 6. The van der Waals surface area contributed by atoms with Gasteiger partial charge in [-0.15, -0.1) is 0 Å². The molecule has 0 fully saturated rings. The van der Waals surface area contributed by atoms with Crippen molar-refractivity contribution in [1.29, 1.82) is 0 Å². The quantitative estimate of drug-likeness (QED) is 0.743. The van der Waals surface area contributed by atoms with Crippen LogP contribution in [0.4, 0.5) is 0 Å². The molecule has 0 radical (unpaired) electrons. The van der Waals surface area contributed by atoms with Crippen LogP contribution >= 0.6 is 0 Å². The molecule has 0 aliphatic heterocycles. The van der Waals surface area contributed by atoms with Crippen LogP contribution in [0.5, 0.6) is 5.88 Å². The SMILES string of the molecule is CCOc1cc(B(O)OC(C)(C)C(C)(C)O)ccn1. The van der Waals surface area contributed by atoms with E-state index in [1.54, 1.807) is 46.0 Å². The van der Waals surface area contributed by atoms with Gasteiger partial charge in [0.2, 0.25) is 5.88 Å². The first-order valence-corrected chi connectivity index (χ1v) is 6.34. The molecule has 0 amide bonds. The van der Waals surface area contributed by atoms with Crippen LogP contribution in [0.3, 0.4) is 0 Å². The average molecular weight is 267 g/mol. The number of pyridine rings is 1. The minimum Gasteiger partial charge on any atom is -0.478 e. The van der Waals surface area contributed by atoms with Crippen LogP contribution in [0.15, 0.2) is 18.3 Å². The van der Waals surface area contributed by atoms with Crippen molar-refractivity contribution in [3.8, 4) is 5.88 Å². The Kier molecular flexibility index (Phi) is 4.95. The van der Waals surface area contributed by atoms with Gasteiger partial charge in [0.25, 0.3) is 0 Å². The summed E-state index contributed by atoms with van der Waals surface area (Å²) in [6, 6.07) is 3.27. The van der Waals surface area contributed by atoms with Crippen LogP contribution in [-0.2, 0) is 4.65 Å². The van der Waals surface area contributed by atoms with Gasteiger partial charge < -0.3 is 19.5 Å². The van der Waals surface area contributed by atoms with Gasteiger partial charge >= 0.3 is 7.12 Å². The summed E-state index contributed by atoms with van der Waals surface area (Å²) in [5, 5.41) is 20.1. The van der Waals surface area contributed by atoms with E-state index in [0.717, 1.165) is 0 Å². The molecule has 1 heterocycles. The molecule has 0 spiro atoms. The summed E-state index contributed by atoms with van der Waals surface area (Å²) < 4.78 is 10.8. The topological polar surface area (TPSA) is 71.8 Å². The Bertz CT molecular complexity index is 417. The van der Waals surface area contributed by atoms with Crippen LogP contribution in [0.2, 0.25) is 0 Å². The minimum atomic E-state index is -1.15. The maximum absolute atomic E-state index is 10.1. The Morgan fingerprint density at radius 3 is 2.47 bits per heavy atom. The van der Waals surface area contributed by atoms with E-state index >= 15 is 0 Å². The molecule has 0 aliphatic carbocycles. The van der Waals surface area contributed by atoms with Gasteiger partial charge in [-0.1, -0.05) is 0 Å². The fourth-order valence-corrected chi connectivity index (χ4v) is 1.30. The number of aliphatic hydroxyl groups is 1. The van der Waals surface area contributed by atoms with Crippen molar-refractivity contribution in [2.24, 2.45) is 0 Å². The van der Waals surface area contributed by atoms with Gasteiger partial charge in [-0.25, -0.2) is 4.98 Å². The third kappa shape index (κ3) is 4.19. The van der Waals surface area contributed by atoms with E-state index < -0.39 is 18.3 Å². The summed E-state index contributed by atoms with van der Waals surface area (Å²) in [6.07, 6.45) is 1.55. The van der Waals surface area contributed by atoms with Gasteiger partial charge in [0, 0.05) is 12.3 Å². The second-order valence-electron chi connectivity index (χ2n) is 5.40. The maximum Gasteiger partial charge on any atom is 0.491 e. The van der Waals surface area contributed by atoms with Gasteiger partial charge in [0.15, 0.2) is 0 Å². The predicted molar refractivity (Wildman–Crippen MR) is 74.5 cm³/mol. The van der Waals surface area contributed by atoms with E-state index in [4.69, 9.17) is 9.39 Å². The van der Waals surface area contributed by atoms with Crippen molar-refractivity contribution in [2.45, 2.75) is 45.8 Å². The molecule has 0 saturated heterocycles. The first-order chi connectivity index (χ1) is 8.67. The molecule has 0 unspecified atom stereocenters. The van der Waals surface area contributed by atoms with Crippen LogP contribution < -0.4 is 10.2 Å². The highest BCUT2D eigenvalue weighted by Crippen LogP contribution is 2.25. The van der Waals surface area contributed by atoms with Gasteiger partial charge in [-0.05, 0) is 46.1 Å². The van der Waals surface area contributed by atoms with E-state index in [-0.39, 0.29) is 0 Å². The summed E-state index contributed by atoms with van der Waals surface area (Å²) in [6.45, 7) is 9.08. The Balaban J connectivity index is 2.83. The normalized spacial score (nSPS) is 12.4. The summed E-state index contributed by atoms with van der Waals surface area (Å²) in [4.78, 5) is 4.02. The Morgan fingerprint density at radius 1 is 1.32 bits per heavy atom. The number of aromatic nitrogens is 1. The largest absolute Gasteiger partial charge is 0.491 e. The van der Waals surface area contributed by atoms with Gasteiger partial charge in [-0.3, -0.25) is 0 Å². The molecule has 2 N–H and O–H groups in total. The van der Waals surface area contributed by atoms with Crippen molar-refractivity contribution in [3.63, 3.8) is 0 Å². The molecule has 106 valence electrons. The fourth-order valence-electron chi connectivity index (χ4n) is 1.30. The molecule has 1 rings (SSSR count). The zero-order chi connectivity index (χ0) is 14.7. The second-order valence-corrected chi connectivity index (χ2v) is 5.40. The molecular weight excluding hydrogens is 245 g/mol. The third-order valence-electron chi connectivity index (χ3n) is 3.22. The molecular formula is C13H22BNO4. The molecule has 6 heteroatoms. The Hall–Kier alpha value is -1.11. The monoisotopic (exact) mass is 267 g/mol. The summed E-state index contributed by atoms with van der Waals surface area (Å²) in [5.74, 6) is 0.434. The summed E-state index contributed by atoms with van der Waals surface area (Å²) >= 11 is 0. The highest BCUT2D eigenvalue weighted by molar-refractivity contribution is 6.60. The molecule has 19 heavy (non-hydrogen) atoms. The first kappa shape index (κ1) is 16.0. The maximum atomic E-state index is 10.1. The van der Waals surface area contributed by atoms with Crippen molar-refractivity contribution in [2.75, 3.05) is 6.61 Å². The van der Waals surface area contributed by atoms with E-state index in [1.807, 2.05) is 6.92 Å². The van der Waals surface area contributed by atoms with Gasteiger partial charge in [0.1, 0.15) is 0 Å². The first-order valence-electron chi connectivity index (χ1n) is 6.34. The smallest absolute Gasteiger partial charge is 0.478 e. The molecule has 1 aromatic heterocycles. The Morgan fingerprint density at radius 2 is 1.95 bits per heavy atom. The van der Waals surface area contributed by atoms with E-state index in [1.165, 1.54) is 0 Å². The minimum absolute atomic E-state index is 0.434. The number of hydrogen-bond acceptors (Lipinski definition) is 5. The van der Waals surface area contributed by atoms with E-state index in [0.29, 0.717) is 17.9 Å². The van der Waals surface area contributed by atoms with Crippen molar-refractivity contribution in [1.82, 2.24) is 4.98 Å². The number of nitrogens with zero attached hydrogens (tertiary/aromatic N) is 1. The lowest BCUT2D eigenvalue weighted by molar-refractivity contribution is -0.0982. The van der Waals surface area contributed by atoms with Crippen LogP contribution in [-0.4, -0.2) is 40.0 Å². The van der Waals surface area contributed by atoms with Crippen molar-refractivity contribution in [3.05, 3.63) is 18.3 Å². The van der Waals surface area contributed by atoms with Crippen molar-refractivity contribution < 1.29 is 19.5 Å². The molecule has 0 bridgehead atoms. The number of hydrogen-bond donors (Lipinski definition) is 2. The number of ether oxygens (including phenoxy) is 1. The average Bonchev–Trinajstić information content (AvgIpc) is 2.27. The molecule has 0 atom stereocenters. The molecule has 0 aliphatic rings. The zero-order valence-corrected chi connectivity index (χ0v) is 12.2. The van der Waals surface area contributed by atoms with Crippen molar-refractivity contribution >= 4 is 12.6 Å². The van der Waals surface area contributed by atoms with Crippen LogP contribution in [0.1, 0.15) is 34.6 Å². The fraction of sp³-hybridized carbons (Fsp3) is 0.615. The highest BCUT2D eigenvalue weighted by atomic mass is 16.5. The lowest BCUT2D eigenvalue weighted by Crippen LogP contribution is -2.53. The summed E-state index contributed by atoms with van der Waals surface area (Å²) in [7, 11) is -1.15. The van der Waals surface area contributed by atoms with Crippen LogP contribution in [0, 0.1) is 0 Å². The van der Waals surface area contributed by atoms with Gasteiger partial charge in [0.05, 0.1) is 17.8 Å². The third-order valence-corrected chi connectivity index (χ3v) is 3.22. The molecule has 0 aromatic carbocycles. The van der Waals surface area contributed by atoms with Crippen LogP contribution in [0.25, 0.3) is 0 Å². The second kappa shape index (κ2) is 5.90. The van der Waals surface area contributed by atoms with E-state index in [2.05, 4.69) is 4.98 Å². The highest BCUT2D eigenvalue weighted by Gasteiger charge is 2.39. The summed E-state index contributed by atoms with van der Waals surface area (Å²) in [5.41, 5.74) is -1.44. The van der Waals surface area contributed by atoms with E-state index in [9.17, 15) is 10.1 Å². The predicted octanol–water partition coefficient (Wildman–Crippen LogP) is 0.734. The lowest BCUT2D eigenvalue weighted by Gasteiger charge is -2.38. The molecule has 5 nitrogen and oxygen atoms in total. The van der Waals surface area contributed by atoms with Gasteiger partial charge in [-0.2, -0.15) is 0 Å².